The second kappa shape index (κ2) is 4.63. The van der Waals surface area contributed by atoms with E-state index >= 15 is 0 Å². The maximum Gasteiger partial charge on any atom is 0.144 e. The Bertz CT molecular complexity index is 253. The molecule has 1 aliphatic rings. The third-order valence-corrected chi connectivity index (χ3v) is 3.59. The quantitative estimate of drug-likeness (QED) is 0.593. The van der Waals surface area contributed by atoms with E-state index in [1.165, 1.54) is 5.57 Å². The monoisotopic (exact) mass is 206 g/mol. The van der Waals surface area contributed by atoms with Crippen LogP contribution in [0.25, 0.3) is 0 Å². The molecule has 1 nitrogen and oxygen atoms in total. The van der Waals surface area contributed by atoms with Gasteiger partial charge in [0.05, 0.1) is 0 Å². The average Bonchev–Trinajstić information content (AvgIpc) is 2.09. The lowest BCUT2D eigenvalue weighted by molar-refractivity contribution is 0.219. The molecular weight excluding hydrogens is 181 g/mol. The Hall–Kier alpha value is -0.395. The van der Waals surface area contributed by atoms with Crippen LogP contribution in [0.15, 0.2) is 11.3 Å². The van der Waals surface area contributed by atoms with Crippen LogP contribution in [-0.2, 0) is 0 Å². The highest BCUT2D eigenvalue weighted by Crippen LogP contribution is 2.37. The maximum atomic E-state index is 2.57. The highest BCUT2D eigenvalue weighted by molar-refractivity contribution is 6.40. The summed E-state index contributed by atoms with van der Waals surface area (Å²) >= 11 is 0. The van der Waals surface area contributed by atoms with Crippen LogP contribution in [0.4, 0.5) is 0 Å². The van der Waals surface area contributed by atoms with E-state index in [4.69, 9.17) is 0 Å². The van der Waals surface area contributed by atoms with E-state index in [-0.39, 0.29) is 0 Å². The number of hydrogen-bond acceptors (Lipinski definition) is 1. The summed E-state index contributed by atoms with van der Waals surface area (Å²) in [6.45, 7) is 16.1. The van der Waals surface area contributed by atoms with Crippen LogP contribution in [0.5, 0.6) is 0 Å². The fraction of sp³-hybridized carbons (Fsp3) is 0.846. The molecular formula is C13H25BN. The van der Waals surface area contributed by atoms with Gasteiger partial charge < -0.3 is 4.90 Å². The Morgan fingerprint density at radius 2 is 1.73 bits per heavy atom. The summed E-state index contributed by atoms with van der Waals surface area (Å²) in [6, 6.07) is 0.594. The lowest BCUT2D eigenvalue weighted by atomic mass is 9.51. The van der Waals surface area contributed by atoms with Crippen LogP contribution in [0, 0.1) is 5.92 Å². The summed E-state index contributed by atoms with van der Waals surface area (Å²) in [5.41, 5.74) is 3.04. The Balaban J connectivity index is 3.07. The van der Waals surface area contributed by atoms with E-state index < -0.39 is 0 Å². The van der Waals surface area contributed by atoms with Gasteiger partial charge in [-0.05, 0) is 39.6 Å². The van der Waals surface area contributed by atoms with Gasteiger partial charge in [0.15, 0.2) is 0 Å². The molecule has 15 heavy (non-hydrogen) atoms. The van der Waals surface area contributed by atoms with Crippen LogP contribution in [-0.4, -0.2) is 24.2 Å². The zero-order chi connectivity index (χ0) is 11.7. The predicted octanol–water partition coefficient (Wildman–Crippen LogP) is 3.50. The van der Waals surface area contributed by atoms with Crippen molar-refractivity contribution in [1.29, 1.82) is 0 Å². The van der Waals surface area contributed by atoms with Crippen molar-refractivity contribution in [2.24, 2.45) is 5.92 Å². The largest absolute Gasteiger partial charge is 0.378 e. The van der Waals surface area contributed by atoms with Crippen molar-refractivity contribution < 1.29 is 0 Å². The summed E-state index contributed by atoms with van der Waals surface area (Å²) in [7, 11) is 2.48. The molecule has 0 bridgehead atoms. The molecule has 0 N–H and O–H groups in total. The van der Waals surface area contributed by atoms with Gasteiger partial charge in [-0.25, -0.2) is 0 Å². The minimum absolute atomic E-state index is 0.570. The standard InChI is InChI=1S/C13H25BN/c1-8(2)13-10(5)11(6)14-12(7)15(13)9(3)4/h9-12H,1-7H3. The topological polar surface area (TPSA) is 3.24 Å². The van der Waals surface area contributed by atoms with E-state index in [1.54, 1.807) is 5.70 Å². The summed E-state index contributed by atoms with van der Waals surface area (Å²) in [5, 5.41) is 0. The van der Waals surface area contributed by atoms with Gasteiger partial charge in [0.2, 0.25) is 0 Å². The van der Waals surface area contributed by atoms with E-state index in [0.717, 1.165) is 0 Å². The predicted molar refractivity (Wildman–Crippen MR) is 69.2 cm³/mol. The number of rotatable bonds is 1. The van der Waals surface area contributed by atoms with E-state index in [9.17, 15) is 0 Å². The first-order valence-electron chi connectivity index (χ1n) is 6.17. The fourth-order valence-corrected chi connectivity index (χ4v) is 2.86. The molecule has 0 saturated carbocycles. The molecule has 1 saturated heterocycles. The van der Waals surface area contributed by atoms with Crippen LogP contribution in [0.1, 0.15) is 48.5 Å². The Kier molecular flexibility index (Phi) is 3.91. The summed E-state index contributed by atoms with van der Waals surface area (Å²) in [6.07, 6.45) is 0. The minimum Gasteiger partial charge on any atom is -0.378 e. The Labute approximate surface area is 96.2 Å². The molecule has 0 aromatic rings. The number of nitrogens with zero attached hydrogens (tertiary/aromatic N) is 1. The van der Waals surface area contributed by atoms with Gasteiger partial charge in [0, 0.05) is 11.7 Å². The summed E-state index contributed by atoms with van der Waals surface area (Å²) in [5.74, 6) is 1.93. The lowest BCUT2D eigenvalue weighted by Gasteiger charge is -2.47. The van der Waals surface area contributed by atoms with Gasteiger partial charge in [0.1, 0.15) is 7.28 Å². The van der Waals surface area contributed by atoms with Crippen LogP contribution in [0.3, 0.4) is 0 Å². The van der Waals surface area contributed by atoms with E-state index in [2.05, 4.69) is 60.6 Å². The summed E-state index contributed by atoms with van der Waals surface area (Å²) in [4.78, 5) is 2.57. The first-order valence-corrected chi connectivity index (χ1v) is 6.17. The molecule has 1 fully saturated rings. The average molecular weight is 206 g/mol. The lowest BCUT2D eigenvalue weighted by Crippen LogP contribution is -2.49. The van der Waals surface area contributed by atoms with Crippen molar-refractivity contribution in [3.05, 3.63) is 11.3 Å². The number of hydrogen-bond donors (Lipinski definition) is 0. The first kappa shape index (κ1) is 12.7. The zero-order valence-corrected chi connectivity index (χ0v) is 11.3. The van der Waals surface area contributed by atoms with Crippen molar-refractivity contribution in [2.45, 2.75) is 66.3 Å². The molecule has 0 amide bonds. The third-order valence-electron chi connectivity index (χ3n) is 3.59. The van der Waals surface area contributed by atoms with Gasteiger partial charge in [0.25, 0.3) is 0 Å². The van der Waals surface area contributed by atoms with Crippen LogP contribution in [0.2, 0.25) is 5.82 Å². The molecule has 0 spiro atoms. The maximum absolute atomic E-state index is 2.57. The molecule has 2 heteroatoms. The van der Waals surface area contributed by atoms with E-state index in [0.29, 0.717) is 23.7 Å². The van der Waals surface area contributed by atoms with Gasteiger partial charge in [-0.2, -0.15) is 0 Å². The molecule has 85 valence electrons. The minimum atomic E-state index is 0.570. The van der Waals surface area contributed by atoms with Crippen molar-refractivity contribution in [3.8, 4) is 0 Å². The smallest absolute Gasteiger partial charge is 0.144 e. The third kappa shape index (κ3) is 2.40. The summed E-state index contributed by atoms with van der Waals surface area (Å²) < 4.78 is 0. The molecule has 0 aromatic heterocycles. The van der Waals surface area contributed by atoms with Crippen LogP contribution >= 0.6 is 0 Å². The van der Waals surface area contributed by atoms with Gasteiger partial charge >= 0.3 is 0 Å². The molecule has 1 radical (unpaired) electrons. The van der Waals surface area contributed by atoms with Crippen molar-refractivity contribution in [2.75, 3.05) is 0 Å². The Morgan fingerprint density at radius 3 is 2.13 bits per heavy atom. The fourth-order valence-electron chi connectivity index (χ4n) is 2.86. The molecule has 1 heterocycles. The van der Waals surface area contributed by atoms with Gasteiger partial charge in [-0.15, -0.1) is 0 Å². The van der Waals surface area contributed by atoms with Crippen molar-refractivity contribution in [3.63, 3.8) is 0 Å². The highest BCUT2D eigenvalue weighted by atomic mass is 15.2. The first-order chi connectivity index (χ1) is 6.86. The number of allylic oxidation sites excluding steroid dienone is 2. The molecule has 0 aromatic carbocycles. The van der Waals surface area contributed by atoms with Gasteiger partial charge in [-0.1, -0.05) is 32.2 Å². The van der Waals surface area contributed by atoms with Crippen molar-refractivity contribution >= 4 is 7.28 Å². The Morgan fingerprint density at radius 1 is 1.20 bits per heavy atom. The molecule has 3 atom stereocenters. The SMILES string of the molecule is CC(C)=C1C(C)C(C)[B]C(C)N1C(C)C. The normalized spacial score (nSPS) is 31.9. The van der Waals surface area contributed by atoms with Crippen LogP contribution < -0.4 is 0 Å². The highest BCUT2D eigenvalue weighted by Gasteiger charge is 2.34. The van der Waals surface area contributed by atoms with Crippen molar-refractivity contribution in [1.82, 2.24) is 4.90 Å². The second-order valence-corrected chi connectivity index (χ2v) is 5.47. The van der Waals surface area contributed by atoms with E-state index in [1.807, 2.05) is 0 Å². The second-order valence-electron chi connectivity index (χ2n) is 5.47. The molecule has 3 unspecified atom stereocenters. The molecule has 1 rings (SSSR count). The zero-order valence-electron chi connectivity index (χ0n) is 11.3. The van der Waals surface area contributed by atoms with Gasteiger partial charge in [-0.3, -0.25) is 0 Å². The molecule has 0 aliphatic carbocycles. The molecule has 1 aliphatic heterocycles.